The molecule has 0 aromatic heterocycles. The molecule has 1 rings (SSSR count). The summed E-state index contributed by atoms with van der Waals surface area (Å²) < 4.78 is 10.4. The highest BCUT2D eigenvalue weighted by Gasteiger charge is 2.02. The summed E-state index contributed by atoms with van der Waals surface area (Å²) in [5.74, 6) is 0.833. The van der Waals surface area contributed by atoms with Crippen LogP contribution < -0.4 is 4.74 Å². The summed E-state index contributed by atoms with van der Waals surface area (Å²) in [7, 11) is 0. The predicted octanol–water partition coefficient (Wildman–Crippen LogP) is 2.95. The quantitative estimate of drug-likeness (QED) is 0.584. The largest absolute Gasteiger partial charge is 0.489 e. The minimum absolute atomic E-state index is 0.148. The molecule has 0 amide bonds. The van der Waals surface area contributed by atoms with Crippen molar-refractivity contribution >= 4 is 15.9 Å². The number of ether oxygens (including phenoxy) is 2. The highest BCUT2D eigenvalue weighted by Crippen LogP contribution is 2.11. The first-order chi connectivity index (χ1) is 6.33. The van der Waals surface area contributed by atoms with Crippen molar-refractivity contribution in [1.82, 2.24) is 0 Å². The van der Waals surface area contributed by atoms with Gasteiger partial charge in [-0.05, 0) is 28.1 Å². The van der Waals surface area contributed by atoms with Gasteiger partial charge in [0.15, 0.2) is 5.01 Å². The van der Waals surface area contributed by atoms with Gasteiger partial charge in [-0.25, -0.2) is 0 Å². The molecule has 0 spiro atoms. The molecular weight excluding hydrogens is 232 g/mol. The molecule has 0 aliphatic rings. The Hall–Kier alpha value is -0.960. The Bertz CT molecular complexity index is 248. The second-order valence-corrected chi connectivity index (χ2v) is 3.36. The average molecular weight is 243 g/mol. The van der Waals surface area contributed by atoms with E-state index in [0.717, 1.165) is 5.75 Å². The highest BCUT2D eigenvalue weighted by atomic mass is 79.9. The van der Waals surface area contributed by atoms with Crippen LogP contribution in [0.3, 0.4) is 0 Å². The molecule has 0 heterocycles. The summed E-state index contributed by atoms with van der Waals surface area (Å²) in [5.41, 5.74) is 0. The van der Waals surface area contributed by atoms with Crippen LogP contribution in [0.2, 0.25) is 0 Å². The number of hydrogen-bond donors (Lipinski definition) is 0. The van der Waals surface area contributed by atoms with Gasteiger partial charge in [0.1, 0.15) is 12.4 Å². The molecule has 70 valence electrons. The van der Waals surface area contributed by atoms with Gasteiger partial charge in [-0.2, -0.15) is 0 Å². The minimum atomic E-state index is -0.148. The topological polar surface area (TPSA) is 18.5 Å². The van der Waals surface area contributed by atoms with E-state index in [-0.39, 0.29) is 5.01 Å². The van der Waals surface area contributed by atoms with Crippen LogP contribution in [0.15, 0.2) is 43.2 Å². The molecule has 1 atom stereocenters. The smallest absolute Gasteiger partial charge is 0.186 e. The van der Waals surface area contributed by atoms with E-state index >= 15 is 0 Å². The van der Waals surface area contributed by atoms with Crippen molar-refractivity contribution in [2.24, 2.45) is 0 Å². The molecule has 0 fully saturated rings. The van der Waals surface area contributed by atoms with Crippen molar-refractivity contribution < 1.29 is 9.47 Å². The summed E-state index contributed by atoms with van der Waals surface area (Å²) >= 11 is 3.28. The summed E-state index contributed by atoms with van der Waals surface area (Å²) in [6.45, 7) is 3.90. The first-order valence-electron chi connectivity index (χ1n) is 3.91. The Morgan fingerprint density at radius 3 is 2.69 bits per heavy atom. The molecule has 0 bridgehead atoms. The molecule has 3 heteroatoms. The van der Waals surface area contributed by atoms with Gasteiger partial charge in [-0.15, -0.1) is 0 Å². The van der Waals surface area contributed by atoms with Crippen molar-refractivity contribution in [1.29, 1.82) is 0 Å². The summed E-state index contributed by atoms with van der Waals surface area (Å²) in [5, 5.41) is -0.148. The molecule has 0 saturated heterocycles. The zero-order chi connectivity index (χ0) is 9.52. The fourth-order valence-corrected chi connectivity index (χ4v) is 1.11. The van der Waals surface area contributed by atoms with Crippen LogP contribution in [0.25, 0.3) is 0 Å². The van der Waals surface area contributed by atoms with E-state index < -0.39 is 0 Å². The molecule has 0 aliphatic heterocycles. The van der Waals surface area contributed by atoms with Crippen molar-refractivity contribution in [3.05, 3.63) is 43.2 Å². The van der Waals surface area contributed by atoms with Gasteiger partial charge in [0.2, 0.25) is 0 Å². The average Bonchev–Trinajstić information content (AvgIpc) is 2.17. The number of alkyl halides is 1. The molecule has 0 saturated carbocycles. The van der Waals surface area contributed by atoms with E-state index in [1.165, 1.54) is 6.26 Å². The number of halogens is 1. The Morgan fingerprint density at radius 1 is 1.38 bits per heavy atom. The predicted molar refractivity (Wildman–Crippen MR) is 55.9 cm³/mol. The third-order valence-electron chi connectivity index (χ3n) is 1.37. The molecular formula is C10H11BrO2. The summed E-state index contributed by atoms with van der Waals surface area (Å²) in [4.78, 5) is 0. The van der Waals surface area contributed by atoms with Crippen molar-refractivity contribution in [2.75, 3.05) is 6.61 Å². The van der Waals surface area contributed by atoms with E-state index in [2.05, 4.69) is 22.5 Å². The second-order valence-electron chi connectivity index (χ2n) is 2.34. The minimum Gasteiger partial charge on any atom is -0.489 e. The summed E-state index contributed by atoms with van der Waals surface area (Å²) in [6, 6.07) is 9.58. The van der Waals surface area contributed by atoms with Crippen LogP contribution in [-0.4, -0.2) is 11.6 Å². The Balaban J connectivity index is 2.30. The Morgan fingerprint density at radius 2 is 2.08 bits per heavy atom. The van der Waals surface area contributed by atoms with Crippen LogP contribution in [-0.2, 0) is 4.74 Å². The molecule has 0 N–H and O–H groups in total. The number of benzene rings is 1. The van der Waals surface area contributed by atoms with Gasteiger partial charge in [-0.1, -0.05) is 24.8 Å². The number of hydrogen-bond acceptors (Lipinski definition) is 2. The molecule has 0 radical (unpaired) electrons. The molecule has 0 aliphatic carbocycles. The maximum atomic E-state index is 5.40. The van der Waals surface area contributed by atoms with Crippen molar-refractivity contribution in [3.63, 3.8) is 0 Å². The van der Waals surface area contributed by atoms with Gasteiger partial charge < -0.3 is 9.47 Å². The van der Waals surface area contributed by atoms with E-state index in [9.17, 15) is 0 Å². The van der Waals surface area contributed by atoms with Gasteiger partial charge in [-0.3, -0.25) is 0 Å². The van der Waals surface area contributed by atoms with Crippen LogP contribution in [0.1, 0.15) is 0 Å². The number of para-hydroxylation sites is 1. The first kappa shape index (κ1) is 10.1. The highest BCUT2D eigenvalue weighted by molar-refractivity contribution is 9.09. The lowest BCUT2D eigenvalue weighted by atomic mass is 10.3. The SMILES string of the molecule is C=COC(Br)COc1ccccc1. The zero-order valence-corrected chi connectivity index (χ0v) is 8.74. The Kier molecular flexibility index (Phi) is 4.40. The third kappa shape index (κ3) is 3.99. The Labute approximate surface area is 86.3 Å². The normalized spacial score (nSPS) is 11.8. The lowest BCUT2D eigenvalue weighted by Gasteiger charge is -2.10. The van der Waals surface area contributed by atoms with Gasteiger partial charge in [0.05, 0.1) is 6.26 Å². The second kappa shape index (κ2) is 5.65. The third-order valence-corrected chi connectivity index (χ3v) is 1.85. The fraction of sp³-hybridized carbons (Fsp3) is 0.200. The van der Waals surface area contributed by atoms with E-state index in [0.29, 0.717) is 6.61 Å². The first-order valence-corrected chi connectivity index (χ1v) is 4.83. The van der Waals surface area contributed by atoms with Crippen LogP contribution in [0.4, 0.5) is 0 Å². The van der Waals surface area contributed by atoms with Crippen LogP contribution in [0.5, 0.6) is 5.75 Å². The number of rotatable bonds is 5. The van der Waals surface area contributed by atoms with E-state index in [1.807, 2.05) is 30.3 Å². The van der Waals surface area contributed by atoms with Gasteiger partial charge in [0.25, 0.3) is 0 Å². The van der Waals surface area contributed by atoms with E-state index in [4.69, 9.17) is 9.47 Å². The standard InChI is InChI=1S/C10H11BrO2/c1-2-12-10(11)8-13-9-6-4-3-5-7-9/h2-7,10H,1,8H2. The molecule has 1 aromatic rings. The molecule has 1 aromatic carbocycles. The van der Waals surface area contributed by atoms with Gasteiger partial charge >= 0.3 is 0 Å². The van der Waals surface area contributed by atoms with E-state index in [1.54, 1.807) is 0 Å². The monoisotopic (exact) mass is 242 g/mol. The molecule has 1 unspecified atom stereocenters. The maximum Gasteiger partial charge on any atom is 0.186 e. The van der Waals surface area contributed by atoms with Gasteiger partial charge in [0, 0.05) is 0 Å². The molecule has 2 nitrogen and oxygen atoms in total. The lowest BCUT2D eigenvalue weighted by molar-refractivity contribution is 0.158. The van der Waals surface area contributed by atoms with Crippen LogP contribution >= 0.6 is 15.9 Å². The fourth-order valence-electron chi connectivity index (χ4n) is 0.822. The maximum absolute atomic E-state index is 5.40. The van der Waals surface area contributed by atoms with Crippen molar-refractivity contribution in [2.45, 2.75) is 5.01 Å². The molecule has 13 heavy (non-hydrogen) atoms. The summed E-state index contributed by atoms with van der Waals surface area (Å²) in [6.07, 6.45) is 1.38. The van der Waals surface area contributed by atoms with Crippen LogP contribution in [0, 0.1) is 0 Å². The zero-order valence-electron chi connectivity index (χ0n) is 7.15. The van der Waals surface area contributed by atoms with Crippen molar-refractivity contribution in [3.8, 4) is 5.75 Å². The lowest BCUT2D eigenvalue weighted by Crippen LogP contribution is -2.12.